The molecule has 0 radical (unpaired) electrons. The molecule has 11 heavy (non-hydrogen) atoms. The number of nitrogens with two attached hydrogens (primary N) is 1. The summed E-state index contributed by atoms with van der Waals surface area (Å²) in [5.74, 6) is 0. The van der Waals surface area contributed by atoms with Gasteiger partial charge in [0.2, 0.25) is 0 Å². The van der Waals surface area contributed by atoms with Gasteiger partial charge >= 0.3 is 0 Å². The van der Waals surface area contributed by atoms with Gasteiger partial charge in [-0.05, 0) is 13.8 Å². The molecule has 0 saturated carbocycles. The fourth-order valence-corrected chi connectivity index (χ4v) is 1.53. The van der Waals surface area contributed by atoms with E-state index in [0.29, 0.717) is 4.88 Å². The zero-order valence-corrected chi connectivity index (χ0v) is 7.41. The van der Waals surface area contributed by atoms with Crippen LogP contribution < -0.4 is 5.73 Å². The van der Waals surface area contributed by atoms with Crippen molar-refractivity contribution < 1.29 is 4.39 Å². The van der Waals surface area contributed by atoms with Crippen LogP contribution in [0.15, 0.2) is 6.20 Å². The van der Waals surface area contributed by atoms with E-state index in [9.17, 15) is 4.39 Å². The SMILES string of the molecule is Cc1ncc(C(C)(F)CN)s1. The molecule has 0 spiro atoms. The molecule has 1 aromatic heterocycles. The van der Waals surface area contributed by atoms with E-state index in [1.165, 1.54) is 18.3 Å². The predicted octanol–water partition coefficient (Wildman–Crippen LogP) is 1.59. The van der Waals surface area contributed by atoms with Gasteiger partial charge in [-0.25, -0.2) is 9.37 Å². The molecule has 2 nitrogen and oxygen atoms in total. The van der Waals surface area contributed by atoms with Crippen molar-refractivity contribution in [2.24, 2.45) is 5.73 Å². The average molecular weight is 174 g/mol. The van der Waals surface area contributed by atoms with Crippen LogP contribution in [0, 0.1) is 6.92 Å². The third-order valence-electron chi connectivity index (χ3n) is 1.52. The highest BCUT2D eigenvalue weighted by atomic mass is 32.1. The van der Waals surface area contributed by atoms with Crippen molar-refractivity contribution in [1.82, 2.24) is 4.98 Å². The second kappa shape index (κ2) is 2.87. The summed E-state index contributed by atoms with van der Waals surface area (Å²) < 4.78 is 13.4. The predicted molar refractivity (Wildman–Crippen MR) is 44.4 cm³/mol. The Labute approximate surface area is 69.3 Å². The van der Waals surface area contributed by atoms with E-state index in [0.717, 1.165) is 5.01 Å². The molecule has 1 rings (SSSR count). The maximum Gasteiger partial charge on any atom is 0.155 e. The minimum absolute atomic E-state index is 0.00856. The Morgan fingerprint density at radius 1 is 1.82 bits per heavy atom. The first-order valence-electron chi connectivity index (χ1n) is 3.38. The number of nitrogens with zero attached hydrogens (tertiary/aromatic N) is 1. The van der Waals surface area contributed by atoms with Gasteiger partial charge in [-0.2, -0.15) is 0 Å². The van der Waals surface area contributed by atoms with Crippen LogP contribution in [0.5, 0.6) is 0 Å². The molecule has 0 amide bonds. The highest BCUT2D eigenvalue weighted by molar-refractivity contribution is 7.11. The second-order valence-corrected chi connectivity index (χ2v) is 3.88. The van der Waals surface area contributed by atoms with Crippen molar-refractivity contribution in [3.05, 3.63) is 16.1 Å². The van der Waals surface area contributed by atoms with Gasteiger partial charge in [0.15, 0.2) is 5.67 Å². The van der Waals surface area contributed by atoms with Crippen LogP contribution in [-0.2, 0) is 5.67 Å². The summed E-state index contributed by atoms with van der Waals surface area (Å²) in [6.07, 6.45) is 1.55. The number of thiazole rings is 1. The minimum atomic E-state index is -1.41. The first-order valence-corrected chi connectivity index (χ1v) is 4.20. The molecule has 1 atom stereocenters. The normalized spacial score (nSPS) is 16.4. The Hall–Kier alpha value is -0.480. The Kier molecular flexibility index (Phi) is 2.25. The Bertz CT molecular complexity index is 244. The number of halogens is 1. The molecular formula is C7H11FN2S. The molecule has 0 aliphatic carbocycles. The van der Waals surface area contributed by atoms with E-state index >= 15 is 0 Å². The van der Waals surface area contributed by atoms with E-state index in [1.54, 1.807) is 6.20 Å². The van der Waals surface area contributed by atoms with Crippen molar-refractivity contribution in [3.63, 3.8) is 0 Å². The molecule has 62 valence electrons. The molecule has 0 fully saturated rings. The van der Waals surface area contributed by atoms with Gasteiger partial charge < -0.3 is 5.73 Å². The molecule has 0 aromatic carbocycles. The van der Waals surface area contributed by atoms with Crippen molar-refractivity contribution in [2.75, 3.05) is 6.54 Å². The number of aryl methyl sites for hydroxylation is 1. The fourth-order valence-electron chi connectivity index (χ4n) is 0.703. The fraction of sp³-hybridized carbons (Fsp3) is 0.571. The molecule has 2 N–H and O–H groups in total. The highest BCUT2D eigenvalue weighted by Gasteiger charge is 2.25. The van der Waals surface area contributed by atoms with Gasteiger partial charge in [-0.3, -0.25) is 0 Å². The van der Waals surface area contributed by atoms with Gasteiger partial charge in [-0.1, -0.05) is 0 Å². The molecule has 1 unspecified atom stereocenters. The largest absolute Gasteiger partial charge is 0.327 e. The number of hydrogen-bond acceptors (Lipinski definition) is 3. The maximum atomic E-state index is 13.4. The van der Waals surface area contributed by atoms with Crippen LogP contribution in [0.25, 0.3) is 0 Å². The van der Waals surface area contributed by atoms with Gasteiger partial charge in [0.05, 0.1) is 9.88 Å². The summed E-state index contributed by atoms with van der Waals surface area (Å²) in [5, 5.41) is 0.873. The van der Waals surface area contributed by atoms with Crippen molar-refractivity contribution in [2.45, 2.75) is 19.5 Å². The topological polar surface area (TPSA) is 38.9 Å². The molecule has 0 aliphatic heterocycles. The maximum absolute atomic E-state index is 13.4. The first-order chi connectivity index (χ1) is 5.06. The highest BCUT2D eigenvalue weighted by Crippen LogP contribution is 2.28. The average Bonchev–Trinajstić information content (AvgIpc) is 2.36. The van der Waals surface area contributed by atoms with E-state index in [1.807, 2.05) is 6.92 Å². The summed E-state index contributed by atoms with van der Waals surface area (Å²) >= 11 is 1.35. The summed E-state index contributed by atoms with van der Waals surface area (Å²) in [4.78, 5) is 4.56. The van der Waals surface area contributed by atoms with E-state index in [2.05, 4.69) is 4.98 Å². The summed E-state index contributed by atoms with van der Waals surface area (Å²) in [6, 6.07) is 0. The van der Waals surface area contributed by atoms with Crippen LogP contribution in [0.2, 0.25) is 0 Å². The van der Waals surface area contributed by atoms with Gasteiger partial charge in [0, 0.05) is 12.7 Å². The van der Waals surface area contributed by atoms with Crippen LogP contribution in [0.4, 0.5) is 4.39 Å². The van der Waals surface area contributed by atoms with E-state index in [4.69, 9.17) is 5.73 Å². The standard InChI is InChI=1S/C7H11FN2S/c1-5-10-3-6(11-5)7(2,8)4-9/h3H,4,9H2,1-2H3. The lowest BCUT2D eigenvalue weighted by atomic mass is 10.1. The van der Waals surface area contributed by atoms with Crippen molar-refractivity contribution in [1.29, 1.82) is 0 Å². The number of alkyl halides is 1. The Morgan fingerprint density at radius 2 is 2.45 bits per heavy atom. The van der Waals surface area contributed by atoms with E-state index < -0.39 is 5.67 Å². The molecule has 0 saturated heterocycles. The second-order valence-electron chi connectivity index (χ2n) is 2.65. The van der Waals surface area contributed by atoms with Crippen LogP contribution >= 0.6 is 11.3 Å². The minimum Gasteiger partial charge on any atom is -0.327 e. The zero-order chi connectivity index (χ0) is 8.48. The lowest BCUT2D eigenvalue weighted by molar-refractivity contribution is 0.208. The van der Waals surface area contributed by atoms with E-state index in [-0.39, 0.29) is 6.54 Å². The molecule has 4 heteroatoms. The zero-order valence-electron chi connectivity index (χ0n) is 6.60. The first kappa shape index (κ1) is 8.62. The van der Waals surface area contributed by atoms with Gasteiger partial charge in [0.25, 0.3) is 0 Å². The lowest BCUT2D eigenvalue weighted by Gasteiger charge is -2.14. The molecule has 1 heterocycles. The van der Waals surface area contributed by atoms with Gasteiger partial charge in [0.1, 0.15) is 0 Å². The summed E-state index contributed by atoms with van der Waals surface area (Å²) in [7, 11) is 0. The number of aromatic nitrogens is 1. The number of rotatable bonds is 2. The van der Waals surface area contributed by atoms with Crippen LogP contribution in [-0.4, -0.2) is 11.5 Å². The Morgan fingerprint density at radius 3 is 2.82 bits per heavy atom. The molecule has 1 aromatic rings. The summed E-state index contributed by atoms with van der Waals surface area (Å²) in [5.41, 5.74) is 3.84. The monoisotopic (exact) mass is 174 g/mol. The van der Waals surface area contributed by atoms with Crippen molar-refractivity contribution >= 4 is 11.3 Å². The number of hydrogen-bond donors (Lipinski definition) is 1. The third-order valence-corrected chi connectivity index (χ3v) is 2.67. The molecule has 0 bridgehead atoms. The van der Waals surface area contributed by atoms with Crippen LogP contribution in [0.3, 0.4) is 0 Å². The lowest BCUT2D eigenvalue weighted by Crippen LogP contribution is -2.25. The van der Waals surface area contributed by atoms with Gasteiger partial charge in [-0.15, -0.1) is 11.3 Å². The third kappa shape index (κ3) is 1.75. The quantitative estimate of drug-likeness (QED) is 0.739. The van der Waals surface area contributed by atoms with Crippen LogP contribution in [0.1, 0.15) is 16.8 Å². The smallest absolute Gasteiger partial charge is 0.155 e. The molecule has 0 aliphatic rings. The molecular weight excluding hydrogens is 163 g/mol. The summed E-state index contributed by atoms with van der Waals surface area (Å²) in [6.45, 7) is 3.33. The van der Waals surface area contributed by atoms with Crippen molar-refractivity contribution in [3.8, 4) is 0 Å². The Balaban J connectivity index is 2.92.